The van der Waals surface area contributed by atoms with E-state index in [0.29, 0.717) is 30.1 Å². The molecule has 2 heterocycles. The molecule has 6 nitrogen and oxygen atoms in total. The summed E-state index contributed by atoms with van der Waals surface area (Å²) in [5.74, 6) is 2.08. The Labute approximate surface area is 166 Å². The van der Waals surface area contributed by atoms with Crippen LogP contribution in [-0.2, 0) is 12.3 Å². The van der Waals surface area contributed by atoms with Crippen molar-refractivity contribution >= 4 is 28.4 Å². The zero-order chi connectivity index (χ0) is 19.5. The second-order valence-electron chi connectivity index (χ2n) is 6.17. The highest BCUT2D eigenvalue weighted by molar-refractivity contribution is 7.98. The highest BCUT2D eigenvalue weighted by Gasteiger charge is 2.16. The third-order valence-corrected chi connectivity index (χ3v) is 5.40. The van der Waals surface area contributed by atoms with Gasteiger partial charge in [-0.1, -0.05) is 48.2 Å². The van der Waals surface area contributed by atoms with Crippen molar-refractivity contribution in [2.45, 2.75) is 24.4 Å². The van der Waals surface area contributed by atoms with E-state index in [4.69, 9.17) is 4.74 Å². The molecule has 0 atom stereocenters. The van der Waals surface area contributed by atoms with Gasteiger partial charge in [-0.15, -0.1) is 16.8 Å². The number of allylic oxidation sites excluding steroid dienone is 1. The van der Waals surface area contributed by atoms with Gasteiger partial charge in [-0.05, 0) is 25.1 Å². The number of nitrogens with zero attached hydrogens (tertiary/aromatic N) is 4. The molecule has 0 spiro atoms. The van der Waals surface area contributed by atoms with Gasteiger partial charge in [-0.3, -0.25) is 13.8 Å². The van der Waals surface area contributed by atoms with Crippen molar-refractivity contribution in [3.05, 3.63) is 77.1 Å². The number of para-hydroxylation sites is 2. The van der Waals surface area contributed by atoms with Crippen LogP contribution in [-0.4, -0.2) is 25.8 Å². The fourth-order valence-electron chi connectivity index (χ4n) is 3.18. The lowest BCUT2D eigenvalue weighted by molar-refractivity contribution is 0.337. The van der Waals surface area contributed by atoms with E-state index in [0.717, 1.165) is 22.0 Å². The number of ether oxygens (including phenoxy) is 1. The van der Waals surface area contributed by atoms with Crippen LogP contribution >= 0.6 is 11.8 Å². The molecule has 0 amide bonds. The summed E-state index contributed by atoms with van der Waals surface area (Å²) in [6.45, 7) is 6.73. The number of fused-ring (bicyclic) bond motifs is 3. The fraction of sp³-hybridized carbons (Fsp3) is 0.190. The summed E-state index contributed by atoms with van der Waals surface area (Å²) in [7, 11) is 0. The molecule has 0 saturated carbocycles. The van der Waals surface area contributed by atoms with Crippen LogP contribution in [0.2, 0.25) is 0 Å². The predicted molar refractivity (Wildman–Crippen MR) is 112 cm³/mol. The maximum absolute atomic E-state index is 12.8. The minimum atomic E-state index is -0.0892. The molecule has 0 bridgehead atoms. The zero-order valence-electron chi connectivity index (χ0n) is 15.5. The monoisotopic (exact) mass is 392 g/mol. The first-order valence-electron chi connectivity index (χ1n) is 9.05. The molecule has 2 aromatic heterocycles. The second-order valence-corrected chi connectivity index (χ2v) is 7.11. The van der Waals surface area contributed by atoms with E-state index in [2.05, 4.69) is 16.8 Å². The van der Waals surface area contributed by atoms with Crippen molar-refractivity contribution in [3.8, 4) is 5.75 Å². The van der Waals surface area contributed by atoms with Gasteiger partial charge in [0.05, 0.1) is 17.5 Å². The van der Waals surface area contributed by atoms with Crippen molar-refractivity contribution in [1.29, 1.82) is 0 Å². The summed E-state index contributed by atoms with van der Waals surface area (Å²) in [6, 6.07) is 15.5. The molecule has 28 heavy (non-hydrogen) atoms. The van der Waals surface area contributed by atoms with Crippen LogP contribution in [0.1, 0.15) is 12.5 Å². The summed E-state index contributed by atoms with van der Waals surface area (Å²) in [5, 5.41) is 10.0. The van der Waals surface area contributed by atoms with Crippen molar-refractivity contribution in [2.75, 3.05) is 6.61 Å². The van der Waals surface area contributed by atoms with E-state index in [1.54, 1.807) is 22.4 Å². The van der Waals surface area contributed by atoms with Crippen LogP contribution < -0.4 is 10.3 Å². The van der Waals surface area contributed by atoms with Crippen LogP contribution in [0.3, 0.4) is 0 Å². The van der Waals surface area contributed by atoms with Crippen LogP contribution in [0.25, 0.3) is 16.7 Å². The highest BCUT2D eigenvalue weighted by atomic mass is 32.2. The molecule has 0 aliphatic rings. The molecule has 0 aliphatic heterocycles. The summed E-state index contributed by atoms with van der Waals surface area (Å²) >= 11 is 1.57. The second kappa shape index (κ2) is 7.90. The standard InChI is InChI=1S/C21H20N4O2S/c1-3-13-24-19(26)16-10-6-7-11-17(16)25-20(24)22-23-21(25)28-14-15-9-5-8-12-18(15)27-4-2/h3,5-12H,1,4,13-14H2,2H3. The number of rotatable bonds is 7. The van der Waals surface area contributed by atoms with Gasteiger partial charge in [0, 0.05) is 17.9 Å². The van der Waals surface area contributed by atoms with Crippen LogP contribution in [0.5, 0.6) is 5.75 Å². The third-order valence-electron chi connectivity index (χ3n) is 4.42. The Morgan fingerprint density at radius 1 is 1.14 bits per heavy atom. The molecule has 0 fully saturated rings. The molecule has 0 radical (unpaired) electrons. The molecule has 0 N–H and O–H groups in total. The first-order valence-corrected chi connectivity index (χ1v) is 10.0. The van der Waals surface area contributed by atoms with Crippen LogP contribution in [0.4, 0.5) is 0 Å². The van der Waals surface area contributed by atoms with Gasteiger partial charge in [0.2, 0.25) is 5.78 Å². The lowest BCUT2D eigenvalue weighted by atomic mass is 10.2. The average Bonchev–Trinajstić information content (AvgIpc) is 3.15. The maximum Gasteiger partial charge on any atom is 0.263 e. The Balaban J connectivity index is 1.81. The largest absolute Gasteiger partial charge is 0.494 e. The van der Waals surface area contributed by atoms with E-state index >= 15 is 0 Å². The van der Waals surface area contributed by atoms with Gasteiger partial charge in [-0.2, -0.15) is 0 Å². The molecule has 0 aliphatic carbocycles. The van der Waals surface area contributed by atoms with Crippen molar-refractivity contribution in [3.63, 3.8) is 0 Å². The van der Waals surface area contributed by atoms with Gasteiger partial charge in [0.1, 0.15) is 5.75 Å². The molecule has 0 saturated heterocycles. The topological polar surface area (TPSA) is 61.4 Å². The van der Waals surface area contributed by atoms with E-state index in [1.807, 2.05) is 59.9 Å². The SMILES string of the molecule is C=CCn1c(=O)c2ccccc2n2c(SCc3ccccc3OCC)nnc12. The van der Waals surface area contributed by atoms with Gasteiger partial charge in [-0.25, -0.2) is 0 Å². The Hall–Kier alpha value is -3.06. The number of hydrogen-bond donors (Lipinski definition) is 0. The van der Waals surface area contributed by atoms with E-state index in [-0.39, 0.29) is 5.56 Å². The van der Waals surface area contributed by atoms with Crippen LogP contribution in [0, 0.1) is 0 Å². The summed E-state index contributed by atoms with van der Waals surface area (Å²) in [4.78, 5) is 12.8. The molecule has 4 rings (SSSR count). The zero-order valence-corrected chi connectivity index (χ0v) is 16.4. The lowest BCUT2D eigenvalue weighted by Gasteiger charge is -2.11. The van der Waals surface area contributed by atoms with Crippen molar-refractivity contribution < 1.29 is 4.74 Å². The number of hydrogen-bond acceptors (Lipinski definition) is 5. The minimum absolute atomic E-state index is 0.0892. The number of aromatic nitrogens is 4. The fourth-order valence-corrected chi connectivity index (χ4v) is 4.11. The Bertz CT molecular complexity index is 1210. The van der Waals surface area contributed by atoms with E-state index in [1.165, 1.54) is 0 Å². The van der Waals surface area contributed by atoms with Crippen molar-refractivity contribution in [1.82, 2.24) is 19.2 Å². The van der Waals surface area contributed by atoms with Gasteiger partial charge in [0.25, 0.3) is 5.56 Å². The van der Waals surface area contributed by atoms with Crippen LogP contribution in [0.15, 0.2) is 71.1 Å². The average molecular weight is 392 g/mol. The highest BCUT2D eigenvalue weighted by Crippen LogP contribution is 2.28. The quantitative estimate of drug-likeness (QED) is 0.352. The van der Waals surface area contributed by atoms with Gasteiger partial charge in [0.15, 0.2) is 5.16 Å². The summed E-state index contributed by atoms with van der Waals surface area (Å²) in [6.07, 6.45) is 1.69. The third kappa shape index (κ3) is 3.18. The van der Waals surface area contributed by atoms with Gasteiger partial charge >= 0.3 is 0 Å². The molecule has 4 aromatic rings. The number of thioether (sulfide) groups is 1. The first-order chi connectivity index (χ1) is 13.7. The normalized spacial score (nSPS) is 11.2. The minimum Gasteiger partial charge on any atom is -0.494 e. The molecular weight excluding hydrogens is 372 g/mol. The summed E-state index contributed by atoms with van der Waals surface area (Å²) in [5.41, 5.74) is 1.80. The van der Waals surface area contributed by atoms with Crippen molar-refractivity contribution in [2.24, 2.45) is 0 Å². The Morgan fingerprint density at radius 3 is 2.75 bits per heavy atom. The lowest BCUT2D eigenvalue weighted by Crippen LogP contribution is -2.22. The molecule has 2 aromatic carbocycles. The first kappa shape index (κ1) is 18.3. The summed E-state index contributed by atoms with van der Waals surface area (Å²) < 4.78 is 9.26. The molecule has 7 heteroatoms. The van der Waals surface area contributed by atoms with E-state index < -0.39 is 0 Å². The predicted octanol–water partition coefficient (Wildman–Crippen LogP) is 3.92. The van der Waals surface area contributed by atoms with E-state index in [9.17, 15) is 4.79 Å². The Morgan fingerprint density at radius 2 is 1.93 bits per heavy atom. The Kier molecular flexibility index (Phi) is 5.16. The molecule has 142 valence electrons. The van der Waals surface area contributed by atoms with Gasteiger partial charge < -0.3 is 4.74 Å². The molecule has 0 unspecified atom stereocenters. The molecular formula is C21H20N4O2S. The maximum atomic E-state index is 12.8. The smallest absolute Gasteiger partial charge is 0.263 e. The number of benzene rings is 2.